The summed E-state index contributed by atoms with van der Waals surface area (Å²) < 4.78 is 57.9. The minimum absolute atomic E-state index is 0.0169. The quantitative estimate of drug-likeness (QED) is 0.0170. The molecule has 1 fully saturated rings. The van der Waals surface area contributed by atoms with Crippen molar-refractivity contribution in [2.75, 3.05) is 51.8 Å². The molecule has 11 aromatic rings. The van der Waals surface area contributed by atoms with Gasteiger partial charge < -0.3 is 80.7 Å². The van der Waals surface area contributed by atoms with Gasteiger partial charge in [-0.3, -0.25) is 24.1 Å². The van der Waals surface area contributed by atoms with Crippen LogP contribution in [0.1, 0.15) is 142 Å². The average Bonchev–Trinajstić information content (AvgIpc) is 0.929. The smallest absolute Gasteiger partial charge is 0.407 e. The standard InChI is InChI=1S/C37H48N6O5S2.C37H48N4O5.C27H29N5O6S/c1-24(2)33(42-36(46)43(5)20-29-22-49-35(40-29)25(3)4)34(45)39-28(16-26-12-8-6-9-13-26)18-32(44)31(17-27-14-10-7-11-15-27)41-37(47)48-21-30-19-38-23-50-30;1-25(2)34(41-20-12-19-38-37(41)45)36(44)39-30(21-28-15-7-5-8-16-28)23-32(42)31(22-29-17-9-6-10-18-29)40-33(43)24-46-35-26(3)13-11-14-27(35)4;1-27(2,3)18-10-12-19(13-11-18)39(34,35)32-23-22(38-21-9-6-5-8-20(21)36-4)26(37-17-16-33)31-25(30-23)24-28-14-7-15-29-24/h6-15,19,22-25,28,31-33,44H,16-18,20-21H2,1-5H3,(H,39,45)(H,41,47)(H,42,46);5-11,13-18,25,30-32,34,42H,12,19-24H2,1-4H3,(H,38,45)(H,39,44)(H,40,43);5-15,33H,16-17H2,1-4H3,(H,30,31,32)/t28-,31-,32-,33-;30-,31-,32-,34-;/m00./s1. The van der Waals surface area contributed by atoms with Crippen LogP contribution in [0.5, 0.6) is 28.9 Å². The van der Waals surface area contributed by atoms with Crippen molar-refractivity contribution in [1.82, 2.24) is 71.6 Å². The van der Waals surface area contributed by atoms with Crippen molar-refractivity contribution in [3.05, 3.63) is 278 Å². The number of aryl methyl sites for hydroxylation is 2. The van der Waals surface area contributed by atoms with Gasteiger partial charge in [0.25, 0.3) is 21.8 Å². The molecule has 0 unspecified atom stereocenters. The van der Waals surface area contributed by atoms with Gasteiger partial charge in [0, 0.05) is 62.1 Å². The van der Waals surface area contributed by atoms with E-state index in [1.807, 2.05) is 207 Å². The van der Waals surface area contributed by atoms with Gasteiger partial charge in [0.15, 0.2) is 29.7 Å². The van der Waals surface area contributed by atoms with E-state index in [1.165, 1.54) is 47.9 Å². The summed E-state index contributed by atoms with van der Waals surface area (Å²) in [6, 6.07) is 55.0. The number of benzene rings is 7. The first kappa shape index (κ1) is 104. The molecule has 10 N–H and O–H groups in total. The number of nitrogens with one attached hydrogen (secondary N) is 7. The Morgan fingerprint density at radius 3 is 1.69 bits per heavy atom. The maximum atomic E-state index is 13.9. The number of aliphatic hydroxyl groups excluding tert-OH is 3. The first-order valence-corrected chi connectivity index (χ1v) is 48.3. The fourth-order valence-corrected chi connectivity index (χ4v) is 17.3. The zero-order valence-electron chi connectivity index (χ0n) is 78.6. The summed E-state index contributed by atoms with van der Waals surface area (Å²) >= 11 is 2.95. The van der Waals surface area contributed by atoms with Crippen molar-refractivity contribution >= 4 is 74.4 Å². The van der Waals surface area contributed by atoms with Gasteiger partial charge in [-0.2, -0.15) is 4.98 Å². The van der Waals surface area contributed by atoms with Gasteiger partial charge >= 0.3 is 18.2 Å². The Balaban J connectivity index is 0.000000211. The molecule has 0 spiro atoms. The molecule has 4 aromatic heterocycles. The number of sulfonamides is 1. The Morgan fingerprint density at radius 1 is 0.615 bits per heavy atom. The van der Waals surface area contributed by atoms with Crippen molar-refractivity contribution in [2.24, 2.45) is 11.8 Å². The summed E-state index contributed by atoms with van der Waals surface area (Å²) in [6.07, 6.45) is 4.67. The molecule has 8 atom stereocenters. The van der Waals surface area contributed by atoms with E-state index in [9.17, 15) is 52.5 Å². The molecule has 34 heteroatoms. The number of carbonyl (C=O) groups excluding carboxylic acids is 6. The minimum atomic E-state index is -4.14. The van der Waals surface area contributed by atoms with Gasteiger partial charge in [0.05, 0.1) is 70.5 Å². The Bertz CT molecular complexity index is 5660. The summed E-state index contributed by atoms with van der Waals surface area (Å²) in [5, 5.41) is 53.6. The van der Waals surface area contributed by atoms with E-state index < -0.39 is 64.6 Å². The number of anilines is 1. The van der Waals surface area contributed by atoms with Crippen molar-refractivity contribution in [3.63, 3.8) is 0 Å². The number of nitrogens with zero attached hydrogens (tertiary/aromatic N) is 8. The molecular formula is C101H125N15O16S3. The van der Waals surface area contributed by atoms with Crippen LogP contribution in [0, 0.1) is 25.7 Å². The zero-order valence-corrected chi connectivity index (χ0v) is 81.0. The molecular weight excluding hydrogens is 1780 g/mol. The number of aliphatic hydroxyl groups is 3. The molecule has 0 saturated carbocycles. The highest BCUT2D eigenvalue weighted by Gasteiger charge is 2.38. The van der Waals surface area contributed by atoms with Crippen molar-refractivity contribution in [2.45, 2.75) is 199 Å². The summed E-state index contributed by atoms with van der Waals surface area (Å²) in [4.78, 5) is 109. The van der Waals surface area contributed by atoms with E-state index in [2.05, 4.69) is 80.4 Å². The molecule has 8 amide bonds. The number of thiazole rings is 2. The lowest BCUT2D eigenvalue weighted by Gasteiger charge is -2.37. The molecule has 5 heterocycles. The molecule has 7 aromatic carbocycles. The first-order valence-electron chi connectivity index (χ1n) is 45.0. The second-order valence-corrected chi connectivity index (χ2v) is 38.4. The number of ether oxygens (including phenoxy) is 5. The highest BCUT2D eigenvalue weighted by Crippen LogP contribution is 2.42. The number of aromatic nitrogens is 6. The molecule has 135 heavy (non-hydrogen) atoms. The Morgan fingerprint density at radius 2 is 1.17 bits per heavy atom. The summed E-state index contributed by atoms with van der Waals surface area (Å²) in [5.41, 5.74) is 9.02. The molecule has 718 valence electrons. The molecule has 1 aliphatic rings. The molecule has 1 aliphatic heterocycles. The second-order valence-electron chi connectivity index (χ2n) is 34.9. The van der Waals surface area contributed by atoms with Gasteiger partial charge in [-0.1, -0.05) is 226 Å². The SMILES string of the molecule is CC(C)c1nc(CN(C)C(=O)N[C@H](C(=O)N[C@@H](Cc2ccccc2)C[C@H](O)[C@H](Cc2ccccc2)NC(=O)OCc2cncs2)C(C)C)cs1.COc1ccccc1Oc1c(NS(=O)(=O)c2ccc(C(C)(C)C)cc2)nc(-c2ncccn2)nc1OCCO.Cc1cccc(C)c1OCC(=O)N[C@@H](Cc1ccccc1)[C@@H](O)C[C@H](Cc1ccccc1)NC(=O)[C@H](C(C)C)N1CCCNC1=O. The number of hydrogen-bond acceptors (Lipinski definition) is 24. The third-order valence-corrected chi connectivity index (χ3v) is 25.3. The van der Waals surface area contributed by atoms with Gasteiger partial charge in [-0.15, -0.1) is 22.7 Å². The average molecular weight is 1900 g/mol. The van der Waals surface area contributed by atoms with Crippen molar-refractivity contribution < 1.29 is 76.2 Å². The van der Waals surface area contributed by atoms with E-state index in [1.54, 1.807) is 77.5 Å². The van der Waals surface area contributed by atoms with Crippen LogP contribution in [0.2, 0.25) is 0 Å². The number of amides is 8. The van der Waals surface area contributed by atoms with Crippen LogP contribution in [0.4, 0.5) is 20.2 Å². The van der Waals surface area contributed by atoms with E-state index >= 15 is 0 Å². The Kier molecular flexibility index (Phi) is 39.7. The maximum absolute atomic E-state index is 13.9. The lowest BCUT2D eigenvalue weighted by Crippen LogP contribution is -2.59. The van der Waals surface area contributed by atoms with Gasteiger partial charge in [0.1, 0.15) is 31.0 Å². The highest BCUT2D eigenvalue weighted by atomic mass is 32.2. The third-order valence-electron chi connectivity index (χ3n) is 22.0. The summed E-state index contributed by atoms with van der Waals surface area (Å²) in [6.45, 7) is 22.6. The second kappa shape index (κ2) is 51.5. The number of para-hydroxylation sites is 3. The largest absolute Gasteiger partial charge is 0.493 e. The fraction of sp³-hybridized carbons (Fsp3) is 0.386. The highest BCUT2D eigenvalue weighted by molar-refractivity contribution is 7.92. The van der Waals surface area contributed by atoms with Gasteiger partial charge in [-0.05, 0) is 145 Å². The van der Waals surface area contributed by atoms with Crippen LogP contribution in [-0.2, 0) is 73.4 Å². The van der Waals surface area contributed by atoms with Crippen LogP contribution in [0.15, 0.2) is 229 Å². The Labute approximate surface area is 798 Å². The monoisotopic (exact) mass is 1900 g/mol. The summed E-state index contributed by atoms with van der Waals surface area (Å²) in [5.74, 6) is -0.0552. The van der Waals surface area contributed by atoms with Crippen molar-refractivity contribution in [1.29, 1.82) is 0 Å². The number of hydrogen-bond donors (Lipinski definition) is 10. The van der Waals surface area contributed by atoms with Crippen LogP contribution in [-0.4, -0.2) is 195 Å². The van der Waals surface area contributed by atoms with Crippen LogP contribution in [0.25, 0.3) is 11.6 Å². The van der Waals surface area contributed by atoms with E-state index in [-0.39, 0.29) is 126 Å². The predicted octanol–water partition coefficient (Wildman–Crippen LogP) is 14.4. The zero-order chi connectivity index (χ0) is 97.1. The lowest BCUT2D eigenvalue weighted by molar-refractivity contribution is -0.128. The third kappa shape index (κ3) is 32.4. The number of carbonyl (C=O) groups is 6. The van der Waals surface area contributed by atoms with E-state index in [4.69, 9.17) is 23.7 Å². The number of methoxy groups -OCH3 is 1. The maximum Gasteiger partial charge on any atom is 0.407 e. The molecule has 12 rings (SSSR count). The summed E-state index contributed by atoms with van der Waals surface area (Å²) in [7, 11) is -0.988. The first-order chi connectivity index (χ1) is 64.7. The normalized spacial score (nSPS) is 13.8. The predicted molar refractivity (Wildman–Crippen MR) is 521 cm³/mol. The lowest BCUT2D eigenvalue weighted by atomic mass is 9.87. The van der Waals surface area contributed by atoms with Crippen molar-refractivity contribution in [3.8, 4) is 40.5 Å². The molecule has 0 bridgehead atoms. The number of urea groups is 2. The Hall–Kier alpha value is -13.0. The van der Waals surface area contributed by atoms with E-state index in [0.29, 0.717) is 62.7 Å². The molecule has 31 nitrogen and oxygen atoms in total. The molecule has 1 saturated heterocycles. The van der Waals surface area contributed by atoms with Gasteiger partial charge in [-0.25, -0.2) is 42.7 Å². The number of rotatable bonds is 42. The van der Waals surface area contributed by atoms with Crippen LogP contribution in [0.3, 0.4) is 0 Å². The molecule has 0 radical (unpaired) electrons. The van der Waals surface area contributed by atoms with E-state index in [0.717, 1.165) is 60.9 Å². The van der Waals surface area contributed by atoms with Gasteiger partial charge in [0.2, 0.25) is 23.4 Å². The molecule has 0 aliphatic carbocycles. The minimum Gasteiger partial charge on any atom is -0.493 e. The van der Waals surface area contributed by atoms with Crippen LogP contribution < -0.4 is 55.6 Å². The topological polar surface area (TPSA) is 411 Å². The number of alkyl carbamates (subject to hydrolysis) is 1. The van der Waals surface area contributed by atoms with Crippen LogP contribution >= 0.6 is 22.7 Å². The fourth-order valence-electron chi connectivity index (χ4n) is 15.0.